The first-order valence-corrected chi connectivity index (χ1v) is 5.88. The third-order valence-electron chi connectivity index (χ3n) is 2.66. The number of hydrazine groups is 1. The Balaban J connectivity index is 2.47. The number of aromatic hydroxyl groups is 1. The lowest BCUT2D eigenvalue weighted by molar-refractivity contribution is 0.181. The Morgan fingerprint density at radius 2 is 2.05 bits per heavy atom. The maximum Gasteiger partial charge on any atom is 0.162 e. The molecule has 1 heterocycles. The van der Waals surface area contributed by atoms with Crippen LogP contribution in [0.4, 0.5) is 5.82 Å². The highest BCUT2D eigenvalue weighted by molar-refractivity contribution is 5.62. The van der Waals surface area contributed by atoms with Gasteiger partial charge in [-0.1, -0.05) is 0 Å². The number of phenolic OH excluding ortho intramolecular Hbond substituents is 1. The first-order chi connectivity index (χ1) is 9.67. The van der Waals surface area contributed by atoms with Crippen LogP contribution in [0.15, 0.2) is 24.3 Å². The van der Waals surface area contributed by atoms with E-state index >= 15 is 0 Å². The summed E-state index contributed by atoms with van der Waals surface area (Å²) in [7, 11) is 3.06. The maximum atomic E-state index is 9.60. The van der Waals surface area contributed by atoms with E-state index in [0.29, 0.717) is 35.3 Å². The number of rotatable bonds is 5. The van der Waals surface area contributed by atoms with Crippen LogP contribution in [0.5, 0.6) is 11.5 Å². The second kappa shape index (κ2) is 6.18. The van der Waals surface area contributed by atoms with E-state index in [1.807, 2.05) is 0 Å². The molecule has 1 aromatic heterocycles. The Bertz CT molecular complexity index is 604. The second-order valence-corrected chi connectivity index (χ2v) is 4.03. The van der Waals surface area contributed by atoms with Gasteiger partial charge in [0.2, 0.25) is 0 Å². The second-order valence-electron chi connectivity index (χ2n) is 4.03. The molecule has 2 rings (SSSR count). The Kier molecular flexibility index (Phi) is 4.34. The normalized spacial score (nSPS) is 10.3. The number of ether oxygens (including phenoxy) is 2. The number of methoxy groups -OCH3 is 2. The van der Waals surface area contributed by atoms with E-state index in [1.165, 1.54) is 13.2 Å². The lowest BCUT2D eigenvalue weighted by Gasteiger charge is -2.09. The van der Waals surface area contributed by atoms with Gasteiger partial charge in [-0.3, -0.25) is 0 Å². The minimum Gasteiger partial charge on any atom is -0.504 e. The van der Waals surface area contributed by atoms with Crippen LogP contribution in [0, 0.1) is 0 Å². The van der Waals surface area contributed by atoms with E-state index in [1.54, 1.807) is 25.3 Å². The fourth-order valence-electron chi connectivity index (χ4n) is 1.74. The van der Waals surface area contributed by atoms with Crippen LogP contribution in [-0.4, -0.2) is 29.3 Å². The van der Waals surface area contributed by atoms with Crippen molar-refractivity contribution in [3.05, 3.63) is 30.0 Å². The predicted molar refractivity (Wildman–Crippen MR) is 74.2 cm³/mol. The Morgan fingerprint density at radius 1 is 1.25 bits per heavy atom. The molecule has 0 unspecified atom stereocenters. The molecule has 0 fully saturated rings. The van der Waals surface area contributed by atoms with Crippen molar-refractivity contribution in [2.45, 2.75) is 6.61 Å². The molecule has 0 atom stereocenters. The maximum absolute atomic E-state index is 9.60. The number of aromatic nitrogens is 2. The molecule has 0 radical (unpaired) electrons. The first-order valence-electron chi connectivity index (χ1n) is 5.88. The Hall–Kier alpha value is -2.38. The van der Waals surface area contributed by atoms with Crippen LogP contribution in [0.2, 0.25) is 0 Å². The minimum absolute atomic E-state index is 0.0569. The molecule has 0 aliphatic rings. The van der Waals surface area contributed by atoms with Gasteiger partial charge in [0, 0.05) is 18.7 Å². The monoisotopic (exact) mass is 276 g/mol. The summed E-state index contributed by atoms with van der Waals surface area (Å²) in [5.41, 5.74) is 3.88. The molecule has 0 aliphatic carbocycles. The van der Waals surface area contributed by atoms with Gasteiger partial charge in [-0.15, -0.1) is 0 Å². The highest BCUT2D eigenvalue weighted by Crippen LogP contribution is 2.30. The summed E-state index contributed by atoms with van der Waals surface area (Å²) in [5.74, 6) is 6.75. The van der Waals surface area contributed by atoms with Crippen molar-refractivity contribution in [3.63, 3.8) is 0 Å². The van der Waals surface area contributed by atoms with Gasteiger partial charge in [-0.05, 0) is 18.2 Å². The third-order valence-corrected chi connectivity index (χ3v) is 2.66. The zero-order valence-corrected chi connectivity index (χ0v) is 11.3. The van der Waals surface area contributed by atoms with E-state index in [9.17, 15) is 5.11 Å². The van der Waals surface area contributed by atoms with Crippen LogP contribution in [-0.2, 0) is 11.3 Å². The summed E-state index contributed by atoms with van der Waals surface area (Å²) in [4.78, 5) is 8.65. The smallest absolute Gasteiger partial charge is 0.162 e. The molecule has 0 aliphatic heterocycles. The number of nitrogens with one attached hydrogen (secondary N) is 1. The Labute approximate surface area is 116 Å². The van der Waals surface area contributed by atoms with Crippen molar-refractivity contribution in [3.8, 4) is 22.9 Å². The van der Waals surface area contributed by atoms with Crippen molar-refractivity contribution >= 4 is 5.82 Å². The van der Waals surface area contributed by atoms with Gasteiger partial charge in [0.15, 0.2) is 17.3 Å². The van der Waals surface area contributed by atoms with Crippen molar-refractivity contribution in [2.75, 3.05) is 19.6 Å². The van der Waals surface area contributed by atoms with Crippen LogP contribution < -0.4 is 16.0 Å². The molecule has 7 nitrogen and oxygen atoms in total. The van der Waals surface area contributed by atoms with Gasteiger partial charge < -0.3 is 20.0 Å². The summed E-state index contributed by atoms with van der Waals surface area (Å²) in [6.45, 7) is 0.347. The van der Waals surface area contributed by atoms with E-state index in [2.05, 4.69) is 15.4 Å². The molecule has 1 aromatic carbocycles. The van der Waals surface area contributed by atoms with Crippen molar-refractivity contribution < 1.29 is 14.6 Å². The number of anilines is 1. The van der Waals surface area contributed by atoms with Crippen LogP contribution in [0.3, 0.4) is 0 Å². The molecule has 0 amide bonds. The summed E-state index contributed by atoms with van der Waals surface area (Å²) >= 11 is 0. The summed E-state index contributed by atoms with van der Waals surface area (Å²) in [6, 6.07) is 6.58. The summed E-state index contributed by atoms with van der Waals surface area (Å²) in [5, 5.41) is 9.60. The van der Waals surface area contributed by atoms with Gasteiger partial charge in [-0.2, -0.15) is 0 Å². The number of phenols is 1. The zero-order chi connectivity index (χ0) is 14.5. The average molecular weight is 276 g/mol. The molecular formula is C13H16N4O3. The van der Waals surface area contributed by atoms with E-state index in [4.69, 9.17) is 15.3 Å². The van der Waals surface area contributed by atoms with E-state index in [0.717, 1.165) is 0 Å². The standard InChI is InChI=1S/C13H16N4O3/c1-19-7-9-6-12(17-14)16-13(15-9)8-3-4-10(18)11(5-8)20-2/h3-6,18H,7,14H2,1-2H3,(H,15,16,17). The number of nitrogen functional groups attached to an aromatic ring is 1. The van der Waals surface area contributed by atoms with Crippen molar-refractivity contribution in [1.82, 2.24) is 9.97 Å². The number of benzene rings is 1. The van der Waals surface area contributed by atoms with Crippen molar-refractivity contribution in [1.29, 1.82) is 0 Å². The Morgan fingerprint density at radius 3 is 2.70 bits per heavy atom. The van der Waals surface area contributed by atoms with Gasteiger partial charge in [0.25, 0.3) is 0 Å². The van der Waals surface area contributed by atoms with Gasteiger partial charge >= 0.3 is 0 Å². The van der Waals surface area contributed by atoms with Crippen LogP contribution in [0.1, 0.15) is 5.69 Å². The third kappa shape index (κ3) is 2.95. The van der Waals surface area contributed by atoms with Gasteiger partial charge in [0.05, 0.1) is 19.4 Å². The SMILES string of the molecule is COCc1cc(NN)nc(-c2ccc(O)c(OC)c2)n1. The molecule has 20 heavy (non-hydrogen) atoms. The van der Waals surface area contributed by atoms with E-state index < -0.39 is 0 Å². The lowest BCUT2D eigenvalue weighted by atomic mass is 10.2. The van der Waals surface area contributed by atoms with Crippen LogP contribution in [0.25, 0.3) is 11.4 Å². The highest BCUT2D eigenvalue weighted by Gasteiger charge is 2.09. The molecule has 0 spiro atoms. The molecule has 2 aromatic rings. The van der Waals surface area contributed by atoms with Crippen molar-refractivity contribution in [2.24, 2.45) is 5.84 Å². The molecule has 0 bridgehead atoms. The fraction of sp³-hybridized carbons (Fsp3) is 0.231. The zero-order valence-electron chi connectivity index (χ0n) is 11.3. The average Bonchev–Trinajstić information content (AvgIpc) is 2.47. The number of nitrogens with two attached hydrogens (primary N) is 1. The minimum atomic E-state index is 0.0569. The summed E-state index contributed by atoms with van der Waals surface area (Å²) in [6.07, 6.45) is 0. The van der Waals surface area contributed by atoms with Gasteiger partial charge in [0.1, 0.15) is 5.82 Å². The molecule has 0 saturated carbocycles. The molecule has 106 valence electrons. The number of nitrogens with zero attached hydrogens (tertiary/aromatic N) is 2. The lowest BCUT2D eigenvalue weighted by Crippen LogP contribution is -2.10. The predicted octanol–water partition coefficient (Wildman–Crippen LogP) is 1.29. The molecular weight excluding hydrogens is 260 g/mol. The van der Waals surface area contributed by atoms with E-state index in [-0.39, 0.29) is 5.75 Å². The summed E-state index contributed by atoms with van der Waals surface area (Å²) < 4.78 is 10.1. The fourth-order valence-corrected chi connectivity index (χ4v) is 1.74. The number of hydrogen-bond donors (Lipinski definition) is 3. The van der Waals surface area contributed by atoms with Crippen LogP contribution >= 0.6 is 0 Å². The number of hydrogen-bond acceptors (Lipinski definition) is 7. The molecule has 7 heteroatoms. The first kappa shape index (κ1) is 14.0. The largest absolute Gasteiger partial charge is 0.504 e. The topological polar surface area (TPSA) is 103 Å². The highest BCUT2D eigenvalue weighted by atomic mass is 16.5. The molecule has 0 saturated heterocycles. The van der Waals surface area contributed by atoms with Gasteiger partial charge in [-0.25, -0.2) is 15.8 Å². The quantitative estimate of drug-likeness (QED) is 0.558. The molecule has 4 N–H and O–H groups in total.